The number of amides is 1. The van der Waals surface area contributed by atoms with Gasteiger partial charge in [0.2, 0.25) is 0 Å². The Morgan fingerprint density at radius 1 is 1.07 bits per heavy atom. The molecule has 1 fully saturated rings. The fraction of sp³-hybridized carbons (Fsp3) is 0.391. The van der Waals surface area contributed by atoms with Crippen LogP contribution in [0.1, 0.15) is 19.4 Å². The number of ether oxygens (including phenoxy) is 2. The second-order valence-electron chi connectivity index (χ2n) is 7.42. The summed E-state index contributed by atoms with van der Waals surface area (Å²) in [7, 11) is 0. The third kappa shape index (κ3) is 6.00. The van der Waals surface area contributed by atoms with Gasteiger partial charge in [-0.05, 0) is 23.6 Å². The van der Waals surface area contributed by atoms with E-state index in [0.717, 1.165) is 5.56 Å². The fourth-order valence-corrected chi connectivity index (χ4v) is 4.57. The predicted molar refractivity (Wildman–Crippen MR) is 115 cm³/mol. The Balaban J connectivity index is 1.71. The summed E-state index contributed by atoms with van der Waals surface area (Å²) in [5.41, 5.74) is 1.13. The third-order valence-electron chi connectivity index (χ3n) is 4.57. The molecule has 2 unspecified atom stereocenters. The number of esters is 1. The van der Waals surface area contributed by atoms with Gasteiger partial charge in [0.1, 0.15) is 11.8 Å². The summed E-state index contributed by atoms with van der Waals surface area (Å²) >= 11 is 1.61. The molecule has 2 aromatic rings. The van der Waals surface area contributed by atoms with Gasteiger partial charge in [0, 0.05) is 12.2 Å². The first-order valence-electron chi connectivity index (χ1n) is 9.85. The van der Waals surface area contributed by atoms with Crippen molar-refractivity contribution in [3.05, 3.63) is 66.2 Å². The topological polar surface area (TPSA) is 55.8 Å². The van der Waals surface area contributed by atoms with E-state index in [1.165, 1.54) is 0 Å². The normalized spacial score (nSPS) is 18.7. The maximum Gasteiger partial charge on any atom is 0.329 e. The number of benzene rings is 2. The molecule has 0 radical (unpaired) electrons. The summed E-state index contributed by atoms with van der Waals surface area (Å²) in [5, 5.41) is -0.124. The maximum atomic E-state index is 13.1. The average molecular weight is 414 g/mol. The van der Waals surface area contributed by atoms with Crippen LogP contribution in [0.5, 0.6) is 5.75 Å². The van der Waals surface area contributed by atoms with E-state index in [0.29, 0.717) is 24.5 Å². The molecule has 0 aromatic heterocycles. The van der Waals surface area contributed by atoms with Crippen molar-refractivity contribution in [2.75, 3.05) is 19.0 Å². The van der Waals surface area contributed by atoms with Gasteiger partial charge in [-0.3, -0.25) is 4.79 Å². The molecular weight excluding hydrogens is 386 g/mol. The first kappa shape index (κ1) is 21.2. The molecule has 3 rings (SSSR count). The van der Waals surface area contributed by atoms with Crippen LogP contribution >= 0.6 is 11.8 Å². The first-order valence-corrected chi connectivity index (χ1v) is 10.9. The van der Waals surface area contributed by atoms with Gasteiger partial charge in [0.25, 0.3) is 5.91 Å². The molecule has 0 N–H and O–H groups in total. The molecule has 1 aliphatic heterocycles. The van der Waals surface area contributed by atoms with Crippen LogP contribution in [0.2, 0.25) is 0 Å². The number of hydrogen-bond acceptors (Lipinski definition) is 5. The summed E-state index contributed by atoms with van der Waals surface area (Å²) in [6.07, 6.45) is 0.677. The molecular formula is C23H27NO4S. The second kappa shape index (κ2) is 10.3. The number of hydrogen-bond donors (Lipinski definition) is 0. The highest BCUT2D eigenvalue weighted by Crippen LogP contribution is 2.32. The molecule has 0 aliphatic carbocycles. The smallest absolute Gasteiger partial charge is 0.329 e. The highest BCUT2D eigenvalue weighted by Gasteiger charge is 2.42. The van der Waals surface area contributed by atoms with Crippen LogP contribution in [-0.4, -0.2) is 47.2 Å². The van der Waals surface area contributed by atoms with Gasteiger partial charge in [-0.1, -0.05) is 62.4 Å². The van der Waals surface area contributed by atoms with Crippen LogP contribution in [-0.2, 0) is 20.7 Å². The summed E-state index contributed by atoms with van der Waals surface area (Å²) in [4.78, 5) is 27.4. The predicted octanol–water partition coefficient (Wildman–Crippen LogP) is 3.78. The molecule has 2 aromatic carbocycles. The summed E-state index contributed by atoms with van der Waals surface area (Å²) in [6, 6.07) is 18.6. The Morgan fingerprint density at radius 2 is 1.72 bits per heavy atom. The third-order valence-corrected chi connectivity index (χ3v) is 5.86. The Kier molecular flexibility index (Phi) is 7.58. The van der Waals surface area contributed by atoms with Crippen LogP contribution in [0.15, 0.2) is 60.7 Å². The number of carbonyl (C=O) groups is 2. The monoisotopic (exact) mass is 413 g/mol. The lowest BCUT2D eigenvalue weighted by atomic mass is 10.1. The van der Waals surface area contributed by atoms with Crippen molar-refractivity contribution in [3.63, 3.8) is 0 Å². The SMILES string of the molecule is CC(C)COC(=O)C1CSC(Cc2ccccc2)N1C(=O)COc1ccccc1. The van der Waals surface area contributed by atoms with Crippen molar-refractivity contribution >= 4 is 23.6 Å². The van der Waals surface area contributed by atoms with Gasteiger partial charge >= 0.3 is 5.97 Å². The van der Waals surface area contributed by atoms with E-state index in [4.69, 9.17) is 9.47 Å². The van der Waals surface area contributed by atoms with Crippen LogP contribution < -0.4 is 4.74 Å². The molecule has 29 heavy (non-hydrogen) atoms. The first-order chi connectivity index (χ1) is 14.0. The van der Waals surface area contributed by atoms with Crippen LogP contribution in [0.4, 0.5) is 0 Å². The van der Waals surface area contributed by atoms with E-state index < -0.39 is 6.04 Å². The van der Waals surface area contributed by atoms with E-state index in [-0.39, 0.29) is 29.8 Å². The Morgan fingerprint density at radius 3 is 2.38 bits per heavy atom. The lowest BCUT2D eigenvalue weighted by Crippen LogP contribution is -2.48. The fourth-order valence-electron chi connectivity index (χ4n) is 3.13. The lowest BCUT2D eigenvalue weighted by molar-refractivity contribution is -0.155. The molecule has 154 valence electrons. The van der Waals surface area contributed by atoms with Crippen molar-refractivity contribution in [2.45, 2.75) is 31.7 Å². The minimum Gasteiger partial charge on any atom is -0.484 e. The van der Waals surface area contributed by atoms with Gasteiger partial charge < -0.3 is 14.4 Å². The zero-order valence-electron chi connectivity index (χ0n) is 16.8. The zero-order chi connectivity index (χ0) is 20.6. The van der Waals surface area contributed by atoms with Crippen molar-refractivity contribution in [2.24, 2.45) is 5.92 Å². The Bertz CT molecular complexity index is 797. The number of para-hydroxylation sites is 1. The zero-order valence-corrected chi connectivity index (χ0v) is 17.6. The molecule has 0 bridgehead atoms. The van der Waals surface area contributed by atoms with E-state index >= 15 is 0 Å². The minimum absolute atomic E-state index is 0.107. The second-order valence-corrected chi connectivity index (χ2v) is 8.63. The minimum atomic E-state index is -0.584. The van der Waals surface area contributed by atoms with Gasteiger partial charge in [0.05, 0.1) is 12.0 Å². The summed E-state index contributed by atoms with van der Waals surface area (Å²) in [6.45, 7) is 4.23. The van der Waals surface area contributed by atoms with Gasteiger partial charge in [-0.25, -0.2) is 4.79 Å². The molecule has 1 saturated heterocycles. The van der Waals surface area contributed by atoms with Crippen LogP contribution in [0.3, 0.4) is 0 Å². The lowest BCUT2D eigenvalue weighted by Gasteiger charge is -2.28. The highest BCUT2D eigenvalue weighted by molar-refractivity contribution is 8.00. The average Bonchev–Trinajstić information content (AvgIpc) is 3.15. The molecule has 0 saturated carbocycles. The van der Waals surface area contributed by atoms with E-state index in [1.807, 2.05) is 74.5 Å². The summed E-state index contributed by atoms with van der Waals surface area (Å²) < 4.78 is 11.1. The maximum absolute atomic E-state index is 13.1. The number of rotatable bonds is 8. The molecule has 1 amide bonds. The molecule has 5 nitrogen and oxygen atoms in total. The Hall–Kier alpha value is -2.47. The van der Waals surface area contributed by atoms with Gasteiger partial charge in [-0.2, -0.15) is 0 Å². The van der Waals surface area contributed by atoms with Gasteiger partial charge in [0.15, 0.2) is 6.61 Å². The molecule has 0 spiro atoms. The number of carbonyl (C=O) groups excluding carboxylic acids is 2. The van der Waals surface area contributed by atoms with E-state index in [1.54, 1.807) is 16.7 Å². The van der Waals surface area contributed by atoms with Crippen LogP contribution in [0, 0.1) is 5.92 Å². The van der Waals surface area contributed by atoms with Crippen molar-refractivity contribution < 1.29 is 19.1 Å². The Labute approximate surface area is 176 Å². The van der Waals surface area contributed by atoms with Crippen LogP contribution in [0.25, 0.3) is 0 Å². The molecule has 2 atom stereocenters. The van der Waals surface area contributed by atoms with Crippen molar-refractivity contribution in [3.8, 4) is 5.75 Å². The quantitative estimate of drug-likeness (QED) is 0.617. The summed E-state index contributed by atoms with van der Waals surface area (Å²) in [5.74, 6) is 0.872. The molecule has 1 heterocycles. The van der Waals surface area contributed by atoms with E-state index in [9.17, 15) is 9.59 Å². The number of thioether (sulfide) groups is 1. The van der Waals surface area contributed by atoms with Gasteiger partial charge in [-0.15, -0.1) is 11.8 Å². The molecule has 6 heteroatoms. The van der Waals surface area contributed by atoms with Crippen molar-refractivity contribution in [1.82, 2.24) is 4.90 Å². The standard InChI is InChI=1S/C23H27NO4S/c1-17(2)14-28-23(26)20-16-29-22(13-18-9-5-3-6-10-18)24(20)21(25)15-27-19-11-7-4-8-12-19/h3-12,17,20,22H,13-16H2,1-2H3. The number of nitrogens with zero attached hydrogens (tertiary/aromatic N) is 1. The van der Waals surface area contributed by atoms with Crippen molar-refractivity contribution in [1.29, 1.82) is 0 Å². The highest BCUT2D eigenvalue weighted by atomic mass is 32.2. The largest absolute Gasteiger partial charge is 0.484 e. The van der Waals surface area contributed by atoms with E-state index in [2.05, 4.69) is 0 Å². The molecule has 1 aliphatic rings.